The van der Waals surface area contributed by atoms with E-state index in [4.69, 9.17) is 4.74 Å². The molecule has 2 aromatic heterocycles. The lowest BCUT2D eigenvalue weighted by Gasteiger charge is -2.07. The summed E-state index contributed by atoms with van der Waals surface area (Å²) in [7, 11) is 0. The fraction of sp³-hybridized carbons (Fsp3) is 0.250. The number of aromatic nitrogens is 3. The lowest BCUT2D eigenvalue weighted by molar-refractivity contribution is 0.344. The molecule has 3 rings (SSSR count). The predicted octanol–water partition coefficient (Wildman–Crippen LogP) is 3.75. The van der Waals surface area contributed by atoms with Crippen molar-refractivity contribution < 1.29 is 4.74 Å². The van der Waals surface area contributed by atoms with Gasteiger partial charge >= 0.3 is 0 Å². The molecule has 1 aromatic carbocycles. The van der Waals surface area contributed by atoms with Gasteiger partial charge in [-0.3, -0.25) is 0 Å². The molecule has 4 nitrogen and oxygen atoms in total. The maximum atomic E-state index is 5.69. The molecule has 6 heteroatoms. The number of rotatable bonds is 8. The van der Waals surface area contributed by atoms with E-state index in [0.29, 0.717) is 6.61 Å². The van der Waals surface area contributed by atoms with Crippen molar-refractivity contribution in [2.24, 2.45) is 0 Å². The van der Waals surface area contributed by atoms with E-state index in [1.165, 1.54) is 4.88 Å². The van der Waals surface area contributed by atoms with Gasteiger partial charge in [0, 0.05) is 17.2 Å². The molecule has 0 saturated heterocycles. The van der Waals surface area contributed by atoms with Crippen molar-refractivity contribution in [3.63, 3.8) is 0 Å². The molecule has 0 aliphatic heterocycles. The molecule has 0 atom stereocenters. The Bertz CT molecular complexity index is 668. The minimum Gasteiger partial charge on any atom is -0.493 e. The van der Waals surface area contributed by atoms with E-state index in [-0.39, 0.29) is 0 Å². The SMILES string of the molecule is c1ccc(OCCSc2nncn2CCc2cccs2)cc1. The van der Waals surface area contributed by atoms with E-state index in [0.717, 1.165) is 29.6 Å². The summed E-state index contributed by atoms with van der Waals surface area (Å²) in [6, 6.07) is 14.1. The highest BCUT2D eigenvalue weighted by atomic mass is 32.2. The average Bonchev–Trinajstić information content (AvgIpc) is 3.22. The van der Waals surface area contributed by atoms with E-state index < -0.39 is 0 Å². The highest BCUT2D eigenvalue weighted by molar-refractivity contribution is 7.99. The number of hydrogen-bond acceptors (Lipinski definition) is 5. The van der Waals surface area contributed by atoms with E-state index >= 15 is 0 Å². The van der Waals surface area contributed by atoms with E-state index in [1.807, 2.05) is 30.3 Å². The number of para-hydroxylation sites is 1. The van der Waals surface area contributed by atoms with Crippen molar-refractivity contribution in [3.8, 4) is 5.75 Å². The number of thiophene rings is 1. The van der Waals surface area contributed by atoms with Gasteiger partial charge in [-0.15, -0.1) is 21.5 Å². The summed E-state index contributed by atoms with van der Waals surface area (Å²) in [5, 5.41) is 11.3. The van der Waals surface area contributed by atoms with E-state index in [9.17, 15) is 0 Å². The number of benzene rings is 1. The Morgan fingerprint density at radius 2 is 2.05 bits per heavy atom. The quantitative estimate of drug-likeness (QED) is 0.465. The van der Waals surface area contributed by atoms with Gasteiger partial charge in [-0.1, -0.05) is 36.0 Å². The summed E-state index contributed by atoms with van der Waals surface area (Å²) < 4.78 is 7.79. The van der Waals surface area contributed by atoms with Crippen LogP contribution in [0.3, 0.4) is 0 Å². The Morgan fingerprint density at radius 3 is 2.86 bits per heavy atom. The summed E-state index contributed by atoms with van der Waals surface area (Å²) in [5.74, 6) is 1.76. The van der Waals surface area contributed by atoms with Gasteiger partial charge in [0.1, 0.15) is 12.1 Å². The van der Waals surface area contributed by atoms with Gasteiger partial charge in [0.15, 0.2) is 5.16 Å². The van der Waals surface area contributed by atoms with Crippen molar-refractivity contribution in [2.75, 3.05) is 12.4 Å². The van der Waals surface area contributed by atoms with Crippen LogP contribution in [0.5, 0.6) is 5.75 Å². The second-order valence-electron chi connectivity index (χ2n) is 4.65. The second-order valence-corrected chi connectivity index (χ2v) is 6.74. The molecular formula is C16H17N3OS2. The van der Waals surface area contributed by atoms with Crippen LogP contribution in [0, 0.1) is 0 Å². The summed E-state index contributed by atoms with van der Waals surface area (Å²) in [4.78, 5) is 1.39. The predicted molar refractivity (Wildman–Crippen MR) is 90.7 cm³/mol. The van der Waals surface area contributed by atoms with Crippen LogP contribution < -0.4 is 4.74 Å². The Morgan fingerprint density at radius 1 is 1.14 bits per heavy atom. The van der Waals surface area contributed by atoms with Gasteiger partial charge in [-0.2, -0.15) is 0 Å². The largest absolute Gasteiger partial charge is 0.493 e. The van der Waals surface area contributed by atoms with Gasteiger partial charge in [-0.05, 0) is 30.0 Å². The van der Waals surface area contributed by atoms with Gasteiger partial charge in [0.25, 0.3) is 0 Å². The zero-order valence-corrected chi connectivity index (χ0v) is 13.7. The van der Waals surface area contributed by atoms with Crippen LogP contribution in [0.2, 0.25) is 0 Å². The zero-order valence-electron chi connectivity index (χ0n) is 12.1. The number of hydrogen-bond donors (Lipinski definition) is 0. The fourth-order valence-electron chi connectivity index (χ4n) is 2.00. The second kappa shape index (κ2) is 8.00. The molecule has 0 saturated carbocycles. The molecule has 0 radical (unpaired) electrons. The molecule has 114 valence electrons. The van der Waals surface area contributed by atoms with Gasteiger partial charge < -0.3 is 9.30 Å². The summed E-state index contributed by atoms with van der Waals surface area (Å²) in [6.45, 7) is 1.57. The van der Waals surface area contributed by atoms with Crippen LogP contribution in [0.15, 0.2) is 59.3 Å². The lowest BCUT2D eigenvalue weighted by Crippen LogP contribution is -2.04. The first-order valence-corrected chi connectivity index (χ1v) is 8.99. The third-order valence-corrected chi connectivity index (χ3v) is 4.97. The fourth-order valence-corrected chi connectivity index (χ4v) is 3.46. The molecule has 0 aliphatic carbocycles. The standard InChI is InChI=1S/C16H17N3OS2/c1-2-5-14(6-3-1)20-10-12-22-16-18-17-13-19(16)9-8-15-7-4-11-21-15/h1-7,11,13H,8-10,12H2. The first-order chi connectivity index (χ1) is 10.9. The smallest absolute Gasteiger partial charge is 0.191 e. The van der Waals surface area contributed by atoms with Crippen LogP contribution in [-0.4, -0.2) is 27.1 Å². The van der Waals surface area contributed by atoms with Gasteiger partial charge in [0.05, 0.1) is 6.61 Å². The molecule has 22 heavy (non-hydrogen) atoms. The van der Waals surface area contributed by atoms with Crippen molar-refractivity contribution in [3.05, 3.63) is 59.0 Å². The van der Waals surface area contributed by atoms with Crippen LogP contribution in [0.1, 0.15) is 4.88 Å². The summed E-state index contributed by atoms with van der Waals surface area (Å²) in [6.07, 6.45) is 2.82. The first kappa shape index (κ1) is 15.1. The minimum absolute atomic E-state index is 0.659. The Hall–Kier alpha value is -1.79. The molecule has 2 heterocycles. The number of ether oxygens (including phenoxy) is 1. The molecular weight excluding hydrogens is 314 g/mol. The Labute approximate surface area is 138 Å². The zero-order chi connectivity index (χ0) is 15.0. The van der Waals surface area contributed by atoms with E-state index in [1.54, 1.807) is 29.4 Å². The number of nitrogens with zero attached hydrogens (tertiary/aromatic N) is 3. The molecule has 0 aliphatic rings. The highest BCUT2D eigenvalue weighted by Crippen LogP contribution is 2.17. The molecule has 3 aromatic rings. The molecule has 0 unspecified atom stereocenters. The van der Waals surface area contributed by atoms with Crippen LogP contribution in [0.4, 0.5) is 0 Å². The van der Waals surface area contributed by atoms with E-state index in [2.05, 4.69) is 32.3 Å². The normalized spacial score (nSPS) is 10.7. The third-order valence-electron chi connectivity index (χ3n) is 3.09. The monoisotopic (exact) mass is 331 g/mol. The van der Waals surface area contributed by atoms with Crippen molar-refractivity contribution >= 4 is 23.1 Å². The molecule has 0 spiro atoms. The van der Waals surface area contributed by atoms with Crippen LogP contribution in [-0.2, 0) is 13.0 Å². The number of aryl methyl sites for hydroxylation is 2. The average molecular weight is 331 g/mol. The minimum atomic E-state index is 0.659. The topological polar surface area (TPSA) is 39.9 Å². The number of thioether (sulfide) groups is 1. The molecule has 0 N–H and O–H groups in total. The maximum absolute atomic E-state index is 5.69. The maximum Gasteiger partial charge on any atom is 0.191 e. The van der Waals surface area contributed by atoms with Crippen molar-refractivity contribution in [1.29, 1.82) is 0 Å². The van der Waals surface area contributed by atoms with Crippen LogP contribution >= 0.6 is 23.1 Å². The summed E-state index contributed by atoms with van der Waals surface area (Å²) in [5.41, 5.74) is 0. The van der Waals surface area contributed by atoms with Gasteiger partial charge in [0.2, 0.25) is 0 Å². The summed E-state index contributed by atoms with van der Waals surface area (Å²) >= 11 is 3.47. The molecule has 0 amide bonds. The highest BCUT2D eigenvalue weighted by Gasteiger charge is 2.05. The van der Waals surface area contributed by atoms with Crippen molar-refractivity contribution in [2.45, 2.75) is 18.1 Å². The third kappa shape index (κ3) is 4.35. The lowest BCUT2D eigenvalue weighted by atomic mass is 10.3. The van der Waals surface area contributed by atoms with Crippen molar-refractivity contribution in [1.82, 2.24) is 14.8 Å². The van der Waals surface area contributed by atoms with Crippen LogP contribution in [0.25, 0.3) is 0 Å². The Kier molecular flexibility index (Phi) is 5.50. The Balaban J connectivity index is 1.44. The first-order valence-electron chi connectivity index (χ1n) is 7.12. The molecule has 0 bridgehead atoms. The molecule has 0 fully saturated rings. The van der Waals surface area contributed by atoms with Gasteiger partial charge in [-0.25, -0.2) is 0 Å².